The molecule has 5 rings (SSSR count). The van der Waals surface area contributed by atoms with E-state index < -0.39 is 19.8 Å². The Kier molecular flexibility index (Phi) is 12.8. The van der Waals surface area contributed by atoms with Gasteiger partial charge in [-0.3, -0.25) is 4.99 Å². The zero-order chi connectivity index (χ0) is 31.3. The minimum atomic E-state index is -0.543. The number of unbranched alkanes of at least 4 members (excludes halogenated alkanes) is 1. The van der Waals surface area contributed by atoms with Crippen LogP contribution in [0.15, 0.2) is 82.9 Å². The molecule has 0 spiro atoms. The minimum absolute atomic E-state index is 0.350. The van der Waals surface area contributed by atoms with Gasteiger partial charge >= 0.3 is 34.6 Å². The molecule has 44 heavy (non-hydrogen) atoms. The van der Waals surface area contributed by atoms with Crippen LogP contribution in [0.3, 0.4) is 0 Å². The van der Waals surface area contributed by atoms with Gasteiger partial charge in [0.05, 0.1) is 19.3 Å². The van der Waals surface area contributed by atoms with Crippen LogP contribution in [0.4, 0.5) is 5.69 Å². The summed E-state index contributed by atoms with van der Waals surface area (Å²) in [6, 6.07) is 22.8. The zero-order valence-corrected chi connectivity index (χ0v) is 29.5. The summed E-state index contributed by atoms with van der Waals surface area (Å²) in [5, 5.41) is 36.9. The molecule has 2 heterocycles. The van der Waals surface area contributed by atoms with E-state index in [4.69, 9.17) is 4.74 Å². The molecule has 0 saturated heterocycles. The summed E-state index contributed by atoms with van der Waals surface area (Å²) in [5.74, 6) is 2.57. The Balaban J connectivity index is 0.00000104. The summed E-state index contributed by atoms with van der Waals surface area (Å²) in [6.45, 7) is 2.80. The van der Waals surface area contributed by atoms with Gasteiger partial charge in [0.2, 0.25) is 5.82 Å². The number of nitrogens with one attached hydrogen (secondary N) is 1. The quantitative estimate of drug-likeness (QED) is 0.0725. The van der Waals surface area contributed by atoms with Crippen molar-refractivity contribution < 1.29 is 9.84 Å². The van der Waals surface area contributed by atoms with Crippen LogP contribution in [0.25, 0.3) is 11.4 Å². The van der Waals surface area contributed by atoms with E-state index in [-0.39, 0.29) is 5.90 Å². The Bertz CT molecular complexity index is 1600. The maximum absolute atomic E-state index is 13.0. The number of hydrogen-bond donors (Lipinski definition) is 1. The van der Waals surface area contributed by atoms with E-state index in [1.165, 1.54) is 5.56 Å². The van der Waals surface area contributed by atoms with Gasteiger partial charge in [0.25, 0.3) is 0 Å². The van der Waals surface area contributed by atoms with Gasteiger partial charge < -0.3 is 14.4 Å². The zero-order valence-electron chi connectivity index (χ0n) is 25.8. The summed E-state index contributed by atoms with van der Waals surface area (Å²) < 4.78 is 7.45. The number of hydrogen-bond acceptors (Lipinski definition) is 9. The molecule has 10 nitrogen and oxygen atoms in total. The number of rotatable bonds is 12. The predicted molar refractivity (Wildman–Crippen MR) is 176 cm³/mol. The van der Waals surface area contributed by atoms with Gasteiger partial charge in [-0.15, -0.1) is 20.4 Å². The van der Waals surface area contributed by atoms with Gasteiger partial charge in [-0.2, -0.15) is 5.21 Å². The predicted octanol–water partition coefficient (Wildman–Crippen LogP) is 5.96. The van der Waals surface area contributed by atoms with Crippen LogP contribution < -0.4 is 9.84 Å². The van der Waals surface area contributed by atoms with Crippen molar-refractivity contribution in [1.29, 1.82) is 0 Å². The molecular weight excluding hydrogens is 679 g/mol. The van der Waals surface area contributed by atoms with E-state index in [2.05, 4.69) is 74.3 Å². The molecule has 0 unspecified atom stereocenters. The third-order valence-corrected chi connectivity index (χ3v) is 7.36. The van der Waals surface area contributed by atoms with Gasteiger partial charge in [-0.05, 0) is 58.5 Å². The fraction of sp³-hybridized carbons (Fsp3) is 0.312. The number of tetrazole rings is 1. The van der Waals surface area contributed by atoms with E-state index in [1.54, 1.807) is 37.1 Å². The Morgan fingerprint density at radius 1 is 0.955 bits per heavy atom. The van der Waals surface area contributed by atoms with Crippen molar-refractivity contribution >= 4 is 43.1 Å². The summed E-state index contributed by atoms with van der Waals surface area (Å²) in [4.78, 5) is 11.4. The van der Waals surface area contributed by atoms with Gasteiger partial charge in [0.1, 0.15) is 11.6 Å². The van der Waals surface area contributed by atoms with Crippen molar-refractivity contribution in [3.8, 4) is 17.1 Å². The van der Waals surface area contributed by atoms with Crippen molar-refractivity contribution in [3.63, 3.8) is 0 Å². The molecular formula is C32H38N8O2SSn. The van der Waals surface area contributed by atoms with E-state index in [0.717, 1.165) is 47.3 Å². The molecule has 0 atom stereocenters. The van der Waals surface area contributed by atoms with E-state index in [0.29, 0.717) is 29.2 Å². The molecule has 2 aromatic heterocycles. The number of benzene rings is 3. The Labute approximate surface area is 270 Å². The van der Waals surface area contributed by atoms with E-state index in [9.17, 15) is 5.11 Å². The van der Waals surface area contributed by atoms with Crippen LogP contribution in [0, 0.1) is 0 Å². The first-order chi connectivity index (χ1) is 21.4. The number of aromatic amines is 1. The SMILES string of the molecule is CCCCc1nnc(SCc2ccc(OC)cc2)n1Cc1ccc(N=C([O-])c2ccccc2-c2nn[nH]n2)cc1.[CH3][Sn+]([CH3])[CH3]. The molecule has 0 aliphatic rings. The topological polar surface area (TPSA) is 130 Å². The van der Waals surface area contributed by atoms with E-state index in [1.807, 2.05) is 42.5 Å². The van der Waals surface area contributed by atoms with Crippen LogP contribution in [-0.2, 0) is 18.7 Å². The van der Waals surface area contributed by atoms with Crippen molar-refractivity contribution in [2.75, 3.05) is 7.11 Å². The second-order valence-electron chi connectivity index (χ2n) is 10.6. The third kappa shape index (κ3) is 9.65. The number of aryl methyl sites for hydroxylation is 1. The van der Waals surface area contributed by atoms with Crippen LogP contribution in [0.1, 0.15) is 42.3 Å². The van der Waals surface area contributed by atoms with Gasteiger partial charge in [-0.1, -0.05) is 73.6 Å². The van der Waals surface area contributed by atoms with Crippen LogP contribution in [-0.4, -0.2) is 68.2 Å². The van der Waals surface area contributed by atoms with Crippen molar-refractivity contribution in [2.45, 2.75) is 58.5 Å². The standard InChI is InChI=1S/C29H30N8O2S.3CH3.Sn/c1-3-4-9-26-31-34-29(40-19-21-12-16-23(39-2)17-13-21)37(26)18-20-10-14-22(15-11-20)30-28(38)25-8-6-5-7-24(25)27-32-35-36-33-27;;;;/h5-8,10-17H,3-4,9,18-19H2,1-2H3,(H,30,38)(H,32,33,35,36);3*1H3;/q;;;;+1/p-1. The average Bonchev–Trinajstić information content (AvgIpc) is 3.70. The number of methoxy groups -OCH3 is 1. The first-order valence-corrected chi connectivity index (χ1v) is 24.0. The third-order valence-electron chi connectivity index (χ3n) is 6.33. The molecule has 0 aliphatic heterocycles. The Morgan fingerprint density at radius 2 is 1.66 bits per heavy atom. The van der Waals surface area contributed by atoms with Crippen LogP contribution in [0.5, 0.6) is 5.75 Å². The molecule has 0 amide bonds. The number of aliphatic imine (C=N–C) groups is 1. The van der Waals surface area contributed by atoms with Gasteiger partial charge in [0, 0.05) is 17.7 Å². The summed E-state index contributed by atoms with van der Waals surface area (Å²) in [7, 11) is 1.67. The Hall–Kier alpha value is -3.71. The molecule has 12 heteroatoms. The Morgan fingerprint density at radius 3 is 2.32 bits per heavy atom. The summed E-state index contributed by atoms with van der Waals surface area (Å²) >= 11 is 1.12. The normalized spacial score (nSPS) is 11.2. The molecule has 228 valence electrons. The average molecular weight is 717 g/mol. The van der Waals surface area contributed by atoms with Crippen molar-refractivity contribution in [3.05, 3.63) is 95.3 Å². The number of ether oxygens (including phenoxy) is 1. The second kappa shape index (κ2) is 17.0. The molecule has 0 aliphatic carbocycles. The van der Waals surface area contributed by atoms with Crippen LogP contribution in [0.2, 0.25) is 14.8 Å². The maximum atomic E-state index is 13.0. The van der Waals surface area contributed by atoms with Gasteiger partial charge in [-0.25, -0.2) is 0 Å². The first kappa shape index (κ1) is 33.2. The molecule has 5 aromatic rings. The van der Waals surface area contributed by atoms with E-state index >= 15 is 0 Å². The van der Waals surface area contributed by atoms with Crippen molar-refractivity contribution in [1.82, 2.24) is 35.4 Å². The number of H-pyrrole nitrogens is 1. The summed E-state index contributed by atoms with van der Waals surface area (Å²) in [6.07, 6.45) is 3.00. The van der Waals surface area contributed by atoms with Crippen LogP contribution >= 0.6 is 11.8 Å². The first-order valence-electron chi connectivity index (χ1n) is 14.5. The fourth-order valence-corrected chi connectivity index (χ4v) is 5.06. The number of nitrogens with zero attached hydrogens (tertiary/aromatic N) is 7. The molecule has 3 aromatic carbocycles. The number of thioether (sulfide) groups is 1. The number of aromatic nitrogens is 7. The second-order valence-corrected chi connectivity index (χ2v) is 20.1. The monoisotopic (exact) mass is 718 g/mol. The molecule has 0 fully saturated rings. The van der Waals surface area contributed by atoms with Gasteiger partial charge in [0.15, 0.2) is 5.16 Å². The fourth-order valence-electron chi connectivity index (χ4n) is 4.15. The summed E-state index contributed by atoms with van der Waals surface area (Å²) in [5.41, 5.74) is 3.82. The molecule has 0 saturated carbocycles. The van der Waals surface area contributed by atoms with Crippen molar-refractivity contribution in [2.24, 2.45) is 4.99 Å². The molecule has 1 N–H and O–H groups in total. The molecule has 0 radical (unpaired) electrons. The molecule has 0 bridgehead atoms.